The zero-order valence-electron chi connectivity index (χ0n) is 13.3. The molecule has 0 saturated carbocycles. The van der Waals surface area contributed by atoms with E-state index in [4.69, 9.17) is 25.8 Å². The molecule has 1 N–H and O–H groups in total. The fraction of sp³-hybridized carbons (Fsp3) is 0.333. The third-order valence-corrected chi connectivity index (χ3v) is 4.08. The van der Waals surface area contributed by atoms with E-state index in [-0.39, 0.29) is 6.04 Å². The highest BCUT2D eigenvalue weighted by atomic mass is 35.5. The van der Waals surface area contributed by atoms with Crippen molar-refractivity contribution in [3.05, 3.63) is 52.5 Å². The van der Waals surface area contributed by atoms with E-state index in [1.807, 2.05) is 30.3 Å². The lowest BCUT2D eigenvalue weighted by molar-refractivity contribution is 0.165. The Morgan fingerprint density at radius 2 is 2.04 bits per heavy atom. The number of hydrogen-bond acceptors (Lipinski definition) is 4. The molecular formula is C18H20ClNO3. The number of fused-ring (bicyclic) bond motifs is 1. The molecule has 2 aromatic carbocycles. The van der Waals surface area contributed by atoms with Gasteiger partial charge in [-0.2, -0.15) is 0 Å². The Labute approximate surface area is 141 Å². The second kappa shape index (κ2) is 7.11. The van der Waals surface area contributed by atoms with E-state index in [1.54, 1.807) is 7.11 Å². The van der Waals surface area contributed by atoms with Gasteiger partial charge in [0, 0.05) is 17.6 Å². The smallest absolute Gasteiger partial charge is 0.203 e. The van der Waals surface area contributed by atoms with Gasteiger partial charge in [0.05, 0.1) is 7.11 Å². The first-order valence-electron chi connectivity index (χ1n) is 7.62. The molecule has 1 aliphatic rings. The summed E-state index contributed by atoms with van der Waals surface area (Å²) in [6.07, 6.45) is 0. The Balaban J connectivity index is 1.73. The maximum atomic E-state index is 6.05. The van der Waals surface area contributed by atoms with Gasteiger partial charge in [0.2, 0.25) is 5.75 Å². The molecule has 0 amide bonds. The average molecular weight is 334 g/mol. The summed E-state index contributed by atoms with van der Waals surface area (Å²) in [5.41, 5.74) is 2.24. The second-order valence-electron chi connectivity index (χ2n) is 5.48. The number of rotatable bonds is 5. The first kappa shape index (κ1) is 16.0. The maximum absolute atomic E-state index is 6.05. The van der Waals surface area contributed by atoms with Crippen LogP contribution in [-0.4, -0.2) is 20.3 Å². The first-order chi connectivity index (χ1) is 11.2. The largest absolute Gasteiger partial charge is 0.493 e. The van der Waals surface area contributed by atoms with Crippen LogP contribution < -0.4 is 19.5 Å². The molecule has 1 atom stereocenters. The van der Waals surface area contributed by atoms with Gasteiger partial charge in [-0.25, -0.2) is 0 Å². The minimum atomic E-state index is 0.188. The van der Waals surface area contributed by atoms with Crippen molar-refractivity contribution in [2.45, 2.75) is 19.5 Å². The molecule has 0 radical (unpaired) electrons. The highest BCUT2D eigenvalue weighted by molar-refractivity contribution is 6.30. The predicted molar refractivity (Wildman–Crippen MR) is 90.7 cm³/mol. The molecule has 0 spiro atoms. The van der Waals surface area contributed by atoms with Gasteiger partial charge in [0.1, 0.15) is 13.2 Å². The molecule has 5 heteroatoms. The van der Waals surface area contributed by atoms with Crippen LogP contribution in [-0.2, 0) is 6.54 Å². The fourth-order valence-corrected chi connectivity index (χ4v) is 2.79. The van der Waals surface area contributed by atoms with Gasteiger partial charge >= 0.3 is 0 Å². The third kappa shape index (κ3) is 3.71. The number of hydrogen-bond donors (Lipinski definition) is 1. The highest BCUT2D eigenvalue weighted by Gasteiger charge is 2.18. The van der Waals surface area contributed by atoms with E-state index in [0.717, 1.165) is 21.9 Å². The molecular weight excluding hydrogens is 314 g/mol. The van der Waals surface area contributed by atoms with E-state index >= 15 is 0 Å². The van der Waals surface area contributed by atoms with Gasteiger partial charge in [-0.1, -0.05) is 23.7 Å². The Bertz CT molecular complexity index is 673. The first-order valence-corrected chi connectivity index (χ1v) is 8.00. The number of methoxy groups -OCH3 is 1. The summed E-state index contributed by atoms with van der Waals surface area (Å²) in [7, 11) is 1.64. The second-order valence-corrected chi connectivity index (χ2v) is 5.92. The molecule has 1 aliphatic heterocycles. The lowest BCUT2D eigenvalue weighted by atomic mass is 10.1. The molecule has 0 aliphatic carbocycles. The van der Waals surface area contributed by atoms with Crippen LogP contribution in [0, 0.1) is 0 Å². The van der Waals surface area contributed by atoms with Crippen LogP contribution in [0.3, 0.4) is 0 Å². The zero-order valence-corrected chi connectivity index (χ0v) is 14.0. The van der Waals surface area contributed by atoms with E-state index < -0.39 is 0 Å². The van der Waals surface area contributed by atoms with E-state index in [9.17, 15) is 0 Å². The highest BCUT2D eigenvalue weighted by Crippen LogP contribution is 2.40. The minimum absolute atomic E-state index is 0.188. The predicted octanol–water partition coefficient (Wildman–Crippen LogP) is 3.97. The molecule has 0 aromatic heterocycles. The van der Waals surface area contributed by atoms with Gasteiger partial charge in [0.25, 0.3) is 0 Å². The van der Waals surface area contributed by atoms with Gasteiger partial charge < -0.3 is 19.5 Å². The van der Waals surface area contributed by atoms with Crippen LogP contribution in [0.2, 0.25) is 5.02 Å². The Hall–Kier alpha value is -1.91. The molecule has 0 unspecified atom stereocenters. The van der Waals surface area contributed by atoms with Crippen molar-refractivity contribution in [1.82, 2.24) is 5.32 Å². The van der Waals surface area contributed by atoms with Gasteiger partial charge in [0.15, 0.2) is 11.5 Å². The normalized spacial score (nSPS) is 14.4. The maximum Gasteiger partial charge on any atom is 0.203 e. The summed E-state index contributed by atoms with van der Waals surface area (Å²) in [5.74, 6) is 2.13. The molecule has 2 aromatic rings. The molecule has 0 fully saturated rings. The zero-order chi connectivity index (χ0) is 16.2. The average Bonchev–Trinajstić information content (AvgIpc) is 2.58. The summed E-state index contributed by atoms with van der Waals surface area (Å²) in [6, 6.07) is 12.0. The topological polar surface area (TPSA) is 39.7 Å². The Morgan fingerprint density at radius 3 is 2.83 bits per heavy atom. The molecule has 0 saturated heterocycles. The standard InChI is InChI=1S/C18H20ClNO3/c1-12(14-4-3-5-15(19)10-14)20-11-13-8-16(21-2)18-17(9-13)22-6-7-23-18/h3-5,8-10,12,20H,6-7,11H2,1-2H3/t12-/m1/s1. The van der Waals surface area contributed by atoms with Crippen molar-refractivity contribution >= 4 is 11.6 Å². The Morgan fingerprint density at radius 1 is 1.22 bits per heavy atom. The van der Waals surface area contributed by atoms with Crippen LogP contribution in [0.1, 0.15) is 24.1 Å². The van der Waals surface area contributed by atoms with Crippen LogP contribution in [0.5, 0.6) is 17.2 Å². The molecule has 122 valence electrons. The summed E-state index contributed by atoms with van der Waals surface area (Å²) in [4.78, 5) is 0. The SMILES string of the molecule is COc1cc(CN[C@H](C)c2cccc(Cl)c2)cc2c1OCCO2. The molecule has 3 rings (SSSR count). The number of nitrogens with one attached hydrogen (secondary N) is 1. The van der Waals surface area contributed by atoms with Gasteiger partial charge in [-0.05, 0) is 42.3 Å². The molecule has 1 heterocycles. The Kier molecular flexibility index (Phi) is 4.94. The van der Waals surface area contributed by atoms with Crippen molar-refractivity contribution in [3.63, 3.8) is 0 Å². The lowest BCUT2D eigenvalue weighted by Gasteiger charge is -2.22. The lowest BCUT2D eigenvalue weighted by Crippen LogP contribution is -2.19. The molecule has 4 nitrogen and oxygen atoms in total. The quantitative estimate of drug-likeness (QED) is 0.898. The van der Waals surface area contributed by atoms with Crippen molar-refractivity contribution in [2.75, 3.05) is 20.3 Å². The number of benzene rings is 2. The minimum Gasteiger partial charge on any atom is -0.493 e. The van der Waals surface area contributed by atoms with Crippen LogP contribution in [0.15, 0.2) is 36.4 Å². The van der Waals surface area contributed by atoms with Crippen molar-refractivity contribution in [3.8, 4) is 17.2 Å². The van der Waals surface area contributed by atoms with Crippen molar-refractivity contribution in [2.24, 2.45) is 0 Å². The molecule has 23 heavy (non-hydrogen) atoms. The summed E-state index contributed by atoms with van der Waals surface area (Å²) in [5, 5.41) is 4.24. The third-order valence-electron chi connectivity index (χ3n) is 3.85. The number of ether oxygens (including phenoxy) is 3. The van der Waals surface area contributed by atoms with Crippen LogP contribution in [0.25, 0.3) is 0 Å². The van der Waals surface area contributed by atoms with E-state index in [1.165, 1.54) is 0 Å². The monoisotopic (exact) mass is 333 g/mol. The summed E-state index contributed by atoms with van der Waals surface area (Å²) >= 11 is 6.05. The van der Waals surface area contributed by atoms with E-state index in [0.29, 0.717) is 31.3 Å². The van der Waals surface area contributed by atoms with Gasteiger partial charge in [-0.15, -0.1) is 0 Å². The van der Waals surface area contributed by atoms with E-state index in [2.05, 4.69) is 18.3 Å². The summed E-state index contributed by atoms with van der Waals surface area (Å²) < 4.78 is 16.7. The fourth-order valence-electron chi connectivity index (χ4n) is 2.59. The molecule has 0 bridgehead atoms. The van der Waals surface area contributed by atoms with Gasteiger partial charge in [-0.3, -0.25) is 0 Å². The van der Waals surface area contributed by atoms with Crippen molar-refractivity contribution < 1.29 is 14.2 Å². The number of halogens is 1. The van der Waals surface area contributed by atoms with Crippen molar-refractivity contribution in [1.29, 1.82) is 0 Å². The summed E-state index contributed by atoms with van der Waals surface area (Å²) in [6.45, 7) is 3.92. The van der Waals surface area contributed by atoms with Crippen LogP contribution in [0.4, 0.5) is 0 Å². The van der Waals surface area contributed by atoms with Crippen LogP contribution >= 0.6 is 11.6 Å².